The van der Waals surface area contributed by atoms with Gasteiger partial charge in [0.1, 0.15) is 0 Å². The topological polar surface area (TPSA) is 83.7 Å². The minimum atomic E-state index is -3.75. The van der Waals surface area contributed by atoms with Crippen LogP contribution in [0.15, 0.2) is 53.4 Å². The van der Waals surface area contributed by atoms with Crippen LogP contribution in [-0.2, 0) is 16.4 Å². The molecule has 1 amide bonds. The van der Waals surface area contributed by atoms with E-state index in [0.717, 1.165) is 17.7 Å². The molecule has 0 bridgehead atoms. The van der Waals surface area contributed by atoms with E-state index in [1.165, 1.54) is 10.4 Å². The van der Waals surface area contributed by atoms with Gasteiger partial charge in [-0.25, -0.2) is 8.42 Å². The van der Waals surface area contributed by atoms with Crippen LogP contribution in [0, 0.1) is 5.92 Å². The standard InChI is InChI=1S/C21H25N3O3S.ClH/c1-15-11-17-5-2-3-8-20(17)24(15)28(26,27)19-7-4-6-18(12-19)21(25)23-10-9-16(13-22)14-23;/h2-8,12,15-16H,9-11,13-14,22H2,1H3;1H. The van der Waals surface area contributed by atoms with Gasteiger partial charge in [0.25, 0.3) is 15.9 Å². The molecule has 8 heteroatoms. The molecule has 2 aromatic rings. The number of para-hydroxylation sites is 1. The van der Waals surface area contributed by atoms with Crippen molar-refractivity contribution >= 4 is 34.0 Å². The monoisotopic (exact) mass is 435 g/mol. The Labute approximate surface area is 178 Å². The van der Waals surface area contributed by atoms with Gasteiger partial charge in [0.15, 0.2) is 0 Å². The highest BCUT2D eigenvalue weighted by molar-refractivity contribution is 7.92. The van der Waals surface area contributed by atoms with E-state index in [1.807, 2.05) is 31.2 Å². The Bertz CT molecular complexity index is 1010. The number of likely N-dealkylation sites (tertiary alicyclic amines) is 1. The molecule has 2 aliphatic rings. The van der Waals surface area contributed by atoms with E-state index in [4.69, 9.17) is 5.73 Å². The summed E-state index contributed by atoms with van der Waals surface area (Å²) in [6.07, 6.45) is 1.57. The van der Waals surface area contributed by atoms with Crippen LogP contribution < -0.4 is 10.0 Å². The molecule has 2 atom stereocenters. The summed E-state index contributed by atoms with van der Waals surface area (Å²) >= 11 is 0. The molecule has 0 aliphatic carbocycles. The number of anilines is 1. The van der Waals surface area contributed by atoms with Gasteiger partial charge in [0, 0.05) is 24.7 Å². The van der Waals surface area contributed by atoms with Crippen LogP contribution in [0.1, 0.15) is 29.3 Å². The molecular weight excluding hydrogens is 410 g/mol. The van der Waals surface area contributed by atoms with Gasteiger partial charge in [-0.15, -0.1) is 12.4 Å². The first kappa shape index (κ1) is 21.6. The SMILES string of the molecule is CC1Cc2ccccc2N1S(=O)(=O)c1cccc(C(=O)N2CCC(CN)C2)c1.Cl. The molecule has 2 aliphatic heterocycles. The number of hydrogen-bond acceptors (Lipinski definition) is 4. The molecule has 156 valence electrons. The van der Waals surface area contributed by atoms with Gasteiger partial charge in [0.05, 0.1) is 10.6 Å². The van der Waals surface area contributed by atoms with Crippen LogP contribution in [0.4, 0.5) is 5.69 Å². The first-order valence-electron chi connectivity index (χ1n) is 9.63. The predicted molar refractivity (Wildman–Crippen MR) is 116 cm³/mol. The first-order valence-corrected chi connectivity index (χ1v) is 11.1. The summed E-state index contributed by atoms with van der Waals surface area (Å²) in [6.45, 7) is 3.76. The molecule has 0 spiro atoms. The molecule has 2 unspecified atom stereocenters. The number of amides is 1. The molecule has 0 aromatic heterocycles. The van der Waals surface area contributed by atoms with Crippen molar-refractivity contribution in [1.29, 1.82) is 0 Å². The van der Waals surface area contributed by atoms with Crippen LogP contribution in [0.2, 0.25) is 0 Å². The zero-order valence-corrected chi connectivity index (χ0v) is 18.0. The van der Waals surface area contributed by atoms with Crippen LogP contribution in [-0.4, -0.2) is 44.9 Å². The molecule has 1 saturated heterocycles. The maximum absolute atomic E-state index is 13.4. The maximum Gasteiger partial charge on any atom is 0.264 e. The molecule has 0 saturated carbocycles. The average molecular weight is 436 g/mol. The van der Waals surface area contributed by atoms with Gasteiger partial charge in [0.2, 0.25) is 0 Å². The lowest BCUT2D eigenvalue weighted by atomic mass is 10.1. The van der Waals surface area contributed by atoms with Crippen LogP contribution in [0.25, 0.3) is 0 Å². The highest BCUT2D eigenvalue weighted by Crippen LogP contribution is 2.36. The van der Waals surface area contributed by atoms with Crippen molar-refractivity contribution in [2.75, 3.05) is 23.9 Å². The summed E-state index contributed by atoms with van der Waals surface area (Å²) in [5.74, 6) is 0.181. The number of nitrogens with zero attached hydrogens (tertiary/aromatic N) is 2. The van der Waals surface area contributed by atoms with Crippen LogP contribution >= 0.6 is 12.4 Å². The number of benzene rings is 2. The van der Waals surface area contributed by atoms with E-state index in [2.05, 4.69) is 0 Å². The van der Waals surface area contributed by atoms with Gasteiger partial charge in [-0.1, -0.05) is 24.3 Å². The summed E-state index contributed by atoms with van der Waals surface area (Å²) in [5, 5.41) is 0. The fourth-order valence-electron chi connectivity index (χ4n) is 4.20. The quantitative estimate of drug-likeness (QED) is 0.800. The number of halogens is 1. The lowest BCUT2D eigenvalue weighted by Gasteiger charge is -2.25. The Kier molecular flexibility index (Phi) is 6.22. The molecule has 2 N–H and O–H groups in total. The zero-order chi connectivity index (χ0) is 19.9. The Morgan fingerprint density at radius 1 is 1.17 bits per heavy atom. The van der Waals surface area contributed by atoms with Gasteiger partial charge in [-0.2, -0.15) is 0 Å². The lowest BCUT2D eigenvalue weighted by molar-refractivity contribution is 0.0787. The van der Waals surface area contributed by atoms with Crippen molar-refractivity contribution < 1.29 is 13.2 Å². The minimum Gasteiger partial charge on any atom is -0.338 e. The van der Waals surface area contributed by atoms with Gasteiger partial charge in [-0.3, -0.25) is 9.10 Å². The third-order valence-corrected chi connectivity index (χ3v) is 7.61. The second kappa shape index (κ2) is 8.34. The number of sulfonamides is 1. The fraction of sp³-hybridized carbons (Fsp3) is 0.381. The Balaban J connectivity index is 0.00000240. The van der Waals surface area contributed by atoms with E-state index < -0.39 is 10.0 Å². The number of carbonyl (C=O) groups excluding carboxylic acids is 1. The van der Waals surface area contributed by atoms with Crippen molar-refractivity contribution in [3.05, 3.63) is 59.7 Å². The van der Waals surface area contributed by atoms with Crippen molar-refractivity contribution in [3.8, 4) is 0 Å². The molecule has 2 aromatic carbocycles. The molecule has 6 nitrogen and oxygen atoms in total. The van der Waals surface area contributed by atoms with E-state index in [9.17, 15) is 13.2 Å². The van der Waals surface area contributed by atoms with Gasteiger partial charge in [-0.05, 0) is 62.1 Å². The van der Waals surface area contributed by atoms with Crippen molar-refractivity contribution in [3.63, 3.8) is 0 Å². The van der Waals surface area contributed by atoms with Crippen LogP contribution in [0.3, 0.4) is 0 Å². The second-order valence-electron chi connectivity index (χ2n) is 7.65. The summed E-state index contributed by atoms with van der Waals surface area (Å²) in [6, 6.07) is 13.8. The molecule has 0 radical (unpaired) electrons. The third-order valence-electron chi connectivity index (χ3n) is 5.69. The summed E-state index contributed by atoms with van der Waals surface area (Å²) in [5.41, 5.74) is 7.86. The number of carbonyl (C=O) groups is 1. The van der Waals surface area contributed by atoms with Crippen molar-refractivity contribution in [2.45, 2.75) is 30.7 Å². The van der Waals surface area contributed by atoms with Crippen molar-refractivity contribution in [1.82, 2.24) is 4.90 Å². The predicted octanol–water partition coefficient (Wildman–Crippen LogP) is 2.67. The third kappa shape index (κ3) is 3.86. The average Bonchev–Trinajstić information content (AvgIpc) is 3.31. The van der Waals surface area contributed by atoms with Crippen molar-refractivity contribution in [2.24, 2.45) is 11.7 Å². The van der Waals surface area contributed by atoms with Gasteiger partial charge < -0.3 is 10.6 Å². The number of hydrogen-bond donors (Lipinski definition) is 1. The lowest BCUT2D eigenvalue weighted by Crippen LogP contribution is -2.36. The molecule has 29 heavy (non-hydrogen) atoms. The largest absolute Gasteiger partial charge is 0.338 e. The number of rotatable bonds is 4. The molecule has 2 heterocycles. The molecule has 1 fully saturated rings. The Morgan fingerprint density at radius 3 is 2.66 bits per heavy atom. The fourth-order valence-corrected chi connectivity index (χ4v) is 5.94. The summed E-state index contributed by atoms with van der Waals surface area (Å²) in [4.78, 5) is 14.8. The van der Waals surface area contributed by atoms with Gasteiger partial charge >= 0.3 is 0 Å². The molecular formula is C21H26ClN3O3S. The van der Waals surface area contributed by atoms with E-state index in [1.54, 1.807) is 23.1 Å². The summed E-state index contributed by atoms with van der Waals surface area (Å²) in [7, 11) is -3.75. The number of nitrogens with two attached hydrogens (primary N) is 1. The van der Waals surface area contributed by atoms with Crippen LogP contribution in [0.5, 0.6) is 0 Å². The highest BCUT2D eigenvalue weighted by atomic mass is 35.5. The Hall–Kier alpha value is -2.09. The zero-order valence-electron chi connectivity index (χ0n) is 16.3. The normalized spacial score (nSPS) is 21.0. The Morgan fingerprint density at radius 2 is 1.93 bits per heavy atom. The smallest absolute Gasteiger partial charge is 0.264 e. The summed E-state index contributed by atoms with van der Waals surface area (Å²) < 4.78 is 28.3. The van der Waals surface area contributed by atoms with E-state index in [-0.39, 0.29) is 29.3 Å². The minimum absolute atomic E-state index is 0. The highest BCUT2D eigenvalue weighted by Gasteiger charge is 2.36. The maximum atomic E-state index is 13.4. The number of fused-ring (bicyclic) bond motifs is 1. The van der Waals surface area contributed by atoms with E-state index in [0.29, 0.717) is 37.5 Å². The van der Waals surface area contributed by atoms with E-state index >= 15 is 0 Å². The molecule has 4 rings (SSSR count). The second-order valence-corrected chi connectivity index (χ2v) is 9.47. The first-order chi connectivity index (χ1) is 13.4.